The number of amides is 1. The molecule has 1 atom stereocenters. The molecule has 21 heavy (non-hydrogen) atoms. The predicted octanol–water partition coefficient (Wildman–Crippen LogP) is 1.35. The van der Waals surface area contributed by atoms with Gasteiger partial charge in [0.1, 0.15) is 17.7 Å². The van der Waals surface area contributed by atoms with Crippen LogP contribution in [-0.4, -0.2) is 31.5 Å². The molecule has 1 amide bonds. The molecule has 0 radical (unpaired) electrons. The lowest BCUT2D eigenvalue weighted by molar-refractivity contribution is -0.860. The van der Waals surface area contributed by atoms with E-state index in [1.54, 1.807) is 12.1 Å². The number of carbonyl (C=O) groups is 1. The van der Waals surface area contributed by atoms with Crippen molar-refractivity contribution >= 4 is 17.5 Å². The zero-order valence-electron chi connectivity index (χ0n) is 12.1. The van der Waals surface area contributed by atoms with Crippen molar-refractivity contribution in [2.45, 2.75) is 6.04 Å². The highest BCUT2D eigenvalue weighted by Gasteiger charge is 2.18. The Morgan fingerprint density at radius 2 is 1.95 bits per heavy atom. The minimum Gasteiger partial charge on any atom is -0.340 e. The first kappa shape index (κ1) is 15.5. The van der Waals surface area contributed by atoms with Crippen LogP contribution < -0.4 is 10.2 Å². The fourth-order valence-electron chi connectivity index (χ4n) is 2.10. The highest BCUT2D eigenvalue weighted by molar-refractivity contribution is 6.29. The molecule has 2 N–H and O–H groups in total. The Morgan fingerprint density at radius 1 is 1.24 bits per heavy atom. The van der Waals surface area contributed by atoms with Gasteiger partial charge in [0.25, 0.3) is 5.91 Å². The summed E-state index contributed by atoms with van der Waals surface area (Å²) in [5, 5.41) is 3.44. The second-order valence-corrected chi connectivity index (χ2v) is 5.60. The summed E-state index contributed by atoms with van der Waals surface area (Å²) in [6, 6.07) is 13.2. The first-order valence-electron chi connectivity index (χ1n) is 6.82. The zero-order valence-corrected chi connectivity index (χ0v) is 12.9. The number of rotatable bonds is 5. The highest BCUT2D eigenvalue weighted by Crippen LogP contribution is 2.12. The molecule has 1 heterocycles. The molecule has 1 aromatic carbocycles. The van der Waals surface area contributed by atoms with Crippen LogP contribution in [0.15, 0.2) is 48.7 Å². The van der Waals surface area contributed by atoms with E-state index in [4.69, 9.17) is 11.6 Å². The number of aromatic nitrogens is 1. The Hall–Kier alpha value is -1.91. The molecule has 2 rings (SSSR count). The summed E-state index contributed by atoms with van der Waals surface area (Å²) in [6.45, 7) is 0.802. The van der Waals surface area contributed by atoms with Crippen molar-refractivity contribution in [1.82, 2.24) is 10.3 Å². The van der Waals surface area contributed by atoms with Crippen LogP contribution in [0.1, 0.15) is 22.0 Å². The lowest BCUT2D eigenvalue weighted by Gasteiger charge is -2.20. The van der Waals surface area contributed by atoms with Gasteiger partial charge in [0.15, 0.2) is 0 Å². The number of nitrogens with zero attached hydrogens (tertiary/aromatic N) is 1. The summed E-state index contributed by atoms with van der Waals surface area (Å²) in [5.41, 5.74) is 1.60. The molecule has 110 valence electrons. The molecular formula is C16H19ClN3O+. The maximum Gasteiger partial charge on any atom is 0.253 e. The van der Waals surface area contributed by atoms with Gasteiger partial charge in [0, 0.05) is 6.20 Å². The Bertz CT molecular complexity index is 584. The SMILES string of the molecule is C[NH+](C)C[C@@H](NC(=O)c1ccc(Cl)nc1)c1ccccc1. The molecule has 0 saturated carbocycles. The monoisotopic (exact) mass is 304 g/mol. The third kappa shape index (κ3) is 4.55. The van der Waals surface area contributed by atoms with E-state index >= 15 is 0 Å². The summed E-state index contributed by atoms with van der Waals surface area (Å²) >= 11 is 5.74. The number of benzene rings is 1. The van der Waals surface area contributed by atoms with Crippen molar-refractivity contribution in [2.75, 3.05) is 20.6 Å². The average molecular weight is 305 g/mol. The van der Waals surface area contributed by atoms with Gasteiger partial charge in [-0.2, -0.15) is 0 Å². The maximum absolute atomic E-state index is 12.3. The molecule has 0 unspecified atom stereocenters. The number of pyridine rings is 1. The van der Waals surface area contributed by atoms with Crippen molar-refractivity contribution in [3.63, 3.8) is 0 Å². The molecule has 5 heteroatoms. The smallest absolute Gasteiger partial charge is 0.253 e. The Balaban J connectivity index is 2.15. The van der Waals surface area contributed by atoms with Crippen molar-refractivity contribution in [3.05, 3.63) is 64.9 Å². The molecule has 0 bridgehead atoms. The summed E-state index contributed by atoms with van der Waals surface area (Å²) in [4.78, 5) is 17.5. The number of halogens is 1. The molecule has 4 nitrogen and oxygen atoms in total. The first-order valence-corrected chi connectivity index (χ1v) is 7.20. The van der Waals surface area contributed by atoms with Gasteiger partial charge in [0.2, 0.25) is 0 Å². The molecule has 0 aliphatic rings. The number of likely N-dealkylation sites (N-methyl/N-ethyl adjacent to an activating group) is 1. The molecule has 0 aliphatic heterocycles. The molecule has 1 aromatic heterocycles. The fourth-order valence-corrected chi connectivity index (χ4v) is 2.21. The van der Waals surface area contributed by atoms with E-state index in [1.165, 1.54) is 11.1 Å². The third-order valence-electron chi connectivity index (χ3n) is 3.11. The van der Waals surface area contributed by atoms with Crippen LogP contribution >= 0.6 is 11.6 Å². The minimum absolute atomic E-state index is 0.0422. The Morgan fingerprint density at radius 3 is 2.52 bits per heavy atom. The van der Waals surface area contributed by atoms with Gasteiger partial charge in [-0.25, -0.2) is 4.98 Å². The number of hydrogen-bond acceptors (Lipinski definition) is 2. The summed E-state index contributed by atoms with van der Waals surface area (Å²) < 4.78 is 0. The standard InChI is InChI=1S/C16H18ClN3O/c1-20(2)11-14(12-6-4-3-5-7-12)19-16(21)13-8-9-15(17)18-10-13/h3-10,14H,11H2,1-2H3,(H,19,21)/p+1/t14-/m1/s1. The first-order chi connectivity index (χ1) is 10.1. The molecule has 0 aliphatic carbocycles. The summed E-state index contributed by atoms with van der Waals surface area (Å²) in [5.74, 6) is -0.144. The maximum atomic E-state index is 12.3. The van der Waals surface area contributed by atoms with Crippen molar-refractivity contribution in [2.24, 2.45) is 0 Å². The lowest BCUT2D eigenvalue weighted by Crippen LogP contribution is -3.06. The van der Waals surface area contributed by atoms with E-state index in [-0.39, 0.29) is 11.9 Å². The Labute approximate surface area is 129 Å². The number of hydrogen-bond donors (Lipinski definition) is 2. The second kappa shape index (κ2) is 7.20. The average Bonchev–Trinajstić information content (AvgIpc) is 2.47. The normalized spacial score (nSPS) is 12.2. The highest BCUT2D eigenvalue weighted by atomic mass is 35.5. The number of quaternary nitrogens is 1. The van der Waals surface area contributed by atoms with Crippen LogP contribution in [0.25, 0.3) is 0 Å². The van der Waals surface area contributed by atoms with Gasteiger partial charge in [-0.1, -0.05) is 41.9 Å². The van der Waals surface area contributed by atoms with E-state index in [9.17, 15) is 4.79 Å². The topological polar surface area (TPSA) is 46.4 Å². The summed E-state index contributed by atoms with van der Waals surface area (Å²) in [6.07, 6.45) is 1.49. The van der Waals surface area contributed by atoms with E-state index in [0.717, 1.165) is 12.1 Å². The quantitative estimate of drug-likeness (QED) is 0.819. The second-order valence-electron chi connectivity index (χ2n) is 5.22. The van der Waals surface area contributed by atoms with Gasteiger partial charge in [-0.05, 0) is 17.7 Å². The molecule has 0 saturated heterocycles. The van der Waals surface area contributed by atoms with Gasteiger partial charge in [0.05, 0.1) is 19.7 Å². The minimum atomic E-state index is -0.144. The predicted molar refractivity (Wildman–Crippen MR) is 83.6 cm³/mol. The molecule has 0 fully saturated rings. The van der Waals surface area contributed by atoms with Crippen LogP contribution in [0.5, 0.6) is 0 Å². The number of nitrogens with one attached hydrogen (secondary N) is 2. The number of carbonyl (C=O) groups excluding carboxylic acids is 1. The van der Waals surface area contributed by atoms with Crippen LogP contribution in [0.4, 0.5) is 0 Å². The van der Waals surface area contributed by atoms with Gasteiger partial charge in [-0.3, -0.25) is 4.79 Å². The molecular weight excluding hydrogens is 286 g/mol. The van der Waals surface area contributed by atoms with Gasteiger partial charge in [-0.15, -0.1) is 0 Å². The van der Waals surface area contributed by atoms with Gasteiger partial charge >= 0.3 is 0 Å². The molecule has 2 aromatic rings. The summed E-state index contributed by atoms with van der Waals surface area (Å²) in [7, 11) is 4.12. The van der Waals surface area contributed by atoms with Crippen LogP contribution in [0.3, 0.4) is 0 Å². The van der Waals surface area contributed by atoms with E-state index in [0.29, 0.717) is 10.7 Å². The third-order valence-corrected chi connectivity index (χ3v) is 3.33. The van der Waals surface area contributed by atoms with Gasteiger partial charge < -0.3 is 10.2 Å². The van der Waals surface area contributed by atoms with Crippen molar-refractivity contribution in [1.29, 1.82) is 0 Å². The van der Waals surface area contributed by atoms with Crippen molar-refractivity contribution < 1.29 is 9.69 Å². The fraction of sp³-hybridized carbons (Fsp3) is 0.250. The largest absolute Gasteiger partial charge is 0.340 e. The van der Waals surface area contributed by atoms with Crippen LogP contribution in [0, 0.1) is 0 Å². The van der Waals surface area contributed by atoms with E-state index in [1.807, 2.05) is 30.3 Å². The van der Waals surface area contributed by atoms with Crippen LogP contribution in [0.2, 0.25) is 5.15 Å². The molecule has 0 spiro atoms. The lowest BCUT2D eigenvalue weighted by atomic mass is 10.1. The zero-order chi connectivity index (χ0) is 15.2. The van der Waals surface area contributed by atoms with E-state index in [2.05, 4.69) is 24.4 Å². The Kier molecular flexibility index (Phi) is 5.31. The van der Waals surface area contributed by atoms with Crippen LogP contribution in [-0.2, 0) is 0 Å². The van der Waals surface area contributed by atoms with E-state index < -0.39 is 0 Å². The van der Waals surface area contributed by atoms with Crippen molar-refractivity contribution in [3.8, 4) is 0 Å².